The summed E-state index contributed by atoms with van der Waals surface area (Å²) in [6.45, 7) is 2.33. The number of nitrogens with one attached hydrogen (secondary N) is 1. The Morgan fingerprint density at radius 3 is 2.43 bits per heavy atom. The van der Waals surface area contributed by atoms with Crippen molar-refractivity contribution in [3.63, 3.8) is 0 Å². The first-order valence-corrected chi connectivity index (χ1v) is 7.89. The number of nitrogens with two attached hydrogens (primary N) is 2. The Labute approximate surface area is 136 Å². The van der Waals surface area contributed by atoms with Gasteiger partial charge in [-0.15, -0.1) is 0 Å². The average Bonchev–Trinajstić information content (AvgIpc) is 2.51. The number of allylic oxidation sites excluding steroid dienone is 4. The maximum absolute atomic E-state index is 12.1. The Morgan fingerprint density at radius 2 is 1.70 bits per heavy atom. The second-order valence-corrected chi connectivity index (χ2v) is 5.39. The predicted molar refractivity (Wildman–Crippen MR) is 89.7 cm³/mol. The summed E-state index contributed by atoms with van der Waals surface area (Å²) in [6.07, 6.45) is 12.1. The molecule has 0 spiro atoms. The third-order valence-electron chi connectivity index (χ3n) is 3.68. The number of amides is 1. The van der Waals surface area contributed by atoms with Gasteiger partial charge in [-0.05, 0) is 11.1 Å². The van der Waals surface area contributed by atoms with Crippen molar-refractivity contribution in [2.75, 3.05) is 33.0 Å². The number of fused-ring (bicyclic) bond motifs is 3. The smallest absolute Gasteiger partial charge is 0.222 e. The summed E-state index contributed by atoms with van der Waals surface area (Å²) in [4.78, 5) is 12.1. The zero-order chi connectivity index (χ0) is 16.5. The van der Waals surface area contributed by atoms with Crippen molar-refractivity contribution in [1.29, 1.82) is 0 Å². The van der Waals surface area contributed by atoms with Gasteiger partial charge >= 0.3 is 0 Å². The molecule has 3 rings (SSSR count). The molecule has 0 aromatic heterocycles. The molecular weight excluding hydrogens is 294 g/mol. The molecular formula is C17H25N3O3. The van der Waals surface area contributed by atoms with Crippen LogP contribution < -0.4 is 16.8 Å². The van der Waals surface area contributed by atoms with Gasteiger partial charge < -0.3 is 26.3 Å². The highest BCUT2D eigenvalue weighted by Crippen LogP contribution is 2.23. The van der Waals surface area contributed by atoms with Crippen LogP contribution in [0.2, 0.25) is 0 Å². The predicted octanol–water partition coefficient (Wildman–Crippen LogP) is 0.173. The van der Waals surface area contributed by atoms with Crippen molar-refractivity contribution in [2.45, 2.75) is 18.5 Å². The van der Waals surface area contributed by atoms with E-state index >= 15 is 0 Å². The van der Waals surface area contributed by atoms with E-state index in [2.05, 4.69) is 5.32 Å². The van der Waals surface area contributed by atoms with Gasteiger partial charge in [0, 0.05) is 13.0 Å². The van der Waals surface area contributed by atoms with E-state index < -0.39 is 0 Å². The Morgan fingerprint density at radius 1 is 1.04 bits per heavy atom. The molecule has 0 heterocycles. The molecule has 1 amide bonds. The van der Waals surface area contributed by atoms with E-state index in [1.165, 1.54) is 0 Å². The Hall–Kier alpha value is -1.73. The Bertz CT molecular complexity index is 523. The van der Waals surface area contributed by atoms with Gasteiger partial charge in [0.2, 0.25) is 5.91 Å². The highest BCUT2D eigenvalue weighted by atomic mass is 16.5. The highest BCUT2D eigenvalue weighted by Gasteiger charge is 2.27. The molecule has 2 unspecified atom stereocenters. The maximum Gasteiger partial charge on any atom is 0.222 e. The van der Waals surface area contributed by atoms with Crippen LogP contribution in [-0.2, 0) is 14.3 Å². The minimum Gasteiger partial charge on any atom is -0.379 e. The van der Waals surface area contributed by atoms with E-state index in [1.807, 2.05) is 36.5 Å². The van der Waals surface area contributed by atoms with Gasteiger partial charge in [-0.25, -0.2) is 0 Å². The normalized spacial score (nSPS) is 28.3. The van der Waals surface area contributed by atoms with Gasteiger partial charge in [0.05, 0.1) is 38.5 Å². The molecule has 0 aliphatic heterocycles. The summed E-state index contributed by atoms with van der Waals surface area (Å²) < 4.78 is 10.6. The van der Waals surface area contributed by atoms with E-state index in [4.69, 9.17) is 20.9 Å². The lowest BCUT2D eigenvalue weighted by Crippen LogP contribution is -2.50. The maximum atomic E-state index is 12.1. The van der Waals surface area contributed by atoms with E-state index in [9.17, 15) is 4.79 Å². The summed E-state index contributed by atoms with van der Waals surface area (Å²) >= 11 is 0. The molecule has 2 atom stereocenters. The number of rotatable bonds is 9. The summed E-state index contributed by atoms with van der Waals surface area (Å²) in [5.74, 6) is -0.0709. The van der Waals surface area contributed by atoms with Crippen LogP contribution in [0.5, 0.6) is 0 Å². The molecule has 2 bridgehead atoms. The summed E-state index contributed by atoms with van der Waals surface area (Å²) in [5, 5.41) is 2.99. The van der Waals surface area contributed by atoms with Gasteiger partial charge in [-0.3, -0.25) is 4.79 Å². The van der Waals surface area contributed by atoms with Gasteiger partial charge in [0.1, 0.15) is 0 Å². The van der Waals surface area contributed by atoms with Crippen molar-refractivity contribution >= 4 is 5.91 Å². The summed E-state index contributed by atoms with van der Waals surface area (Å²) in [5.41, 5.74) is 13.6. The zero-order valence-corrected chi connectivity index (χ0v) is 13.2. The fourth-order valence-electron chi connectivity index (χ4n) is 2.46. The quantitative estimate of drug-likeness (QED) is 0.526. The molecule has 3 aliphatic carbocycles. The molecule has 3 aliphatic rings. The molecule has 0 aromatic rings. The van der Waals surface area contributed by atoms with E-state index in [-0.39, 0.29) is 18.0 Å². The van der Waals surface area contributed by atoms with Crippen LogP contribution in [-0.4, -0.2) is 51.0 Å². The molecule has 6 nitrogen and oxygen atoms in total. The van der Waals surface area contributed by atoms with Crippen molar-refractivity contribution in [1.82, 2.24) is 5.32 Å². The van der Waals surface area contributed by atoms with E-state index in [0.29, 0.717) is 39.4 Å². The molecule has 0 radical (unpaired) electrons. The largest absolute Gasteiger partial charge is 0.379 e. The number of carbonyl (C=O) groups excluding carboxylic acids is 1. The first kappa shape index (κ1) is 17.6. The first-order chi connectivity index (χ1) is 11.2. The van der Waals surface area contributed by atoms with Gasteiger partial charge in [-0.1, -0.05) is 36.5 Å². The number of hydrogen-bond acceptors (Lipinski definition) is 5. The molecule has 23 heavy (non-hydrogen) atoms. The van der Waals surface area contributed by atoms with Crippen LogP contribution in [0.3, 0.4) is 0 Å². The third-order valence-corrected chi connectivity index (χ3v) is 3.68. The molecule has 0 saturated carbocycles. The zero-order valence-electron chi connectivity index (χ0n) is 13.2. The standard InChI is InChI=1S/C17H25N3O3/c18-8-10-23-12-11-22-9-7-15(21)20-17-14-4-2-1-3-13(5-6-14)16(17)19/h1-6,16-17H,7-12,18-19H2,(H,20,21)/b2-1-,3-1?,4-2?,13-3+,14-4+. The minimum atomic E-state index is -0.231. The molecule has 0 aromatic carbocycles. The molecule has 0 fully saturated rings. The molecule has 126 valence electrons. The molecule has 5 N–H and O–H groups in total. The van der Waals surface area contributed by atoms with Crippen LogP contribution in [0.25, 0.3) is 0 Å². The van der Waals surface area contributed by atoms with Gasteiger partial charge in [-0.2, -0.15) is 0 Å². The highest BCUT2D eigenvalue weighted by molar-refractivity contribution is 5.77. The SMILES string of the molecule is NCCOCCOCCC(=O)NC1/C2=C/C=C\C=C(C=C2)\C1N. The summed E-state index contributed by atoms with van der Waals surface area (Å²) in [6, 6.07) is -0.428. The fraction of sp³-hybridized carbons (Fsp3) is 0.471. The van der Waals surface area contributed by atoms with Gasteiger partial charge in [0.25, 0.3) is 0 Å². The van der Waals surface area contributed by atoms with E-state index in [1.54, 1.807) is 0 Å². The average molecular weight is 319 g/mol. The Kier molecular flexibility index (Phi) is 7.22. The van der Waals surface area contributed by atoms with Crippen LogP contribution in [0, 0.1) is 0 Å². The summed E-state index contributed by atoms with van der Waals surface area (Å²) in [7, 11) is 0. The monoisotopic (exact) mass is 319 g/mol. The second-order valence-electron chi connectivity index (χ2n) is 5.39. The lowest BCUT2D eigenvalue weighted by Gasteiger charge is -2.31. The lowest BCUT2D eigenvalue weighted by molar-refractivity contribution is -0.122. The number of carbonyl (C=O) groups is 1. The van der Waals surface area contributed by atoms with Gasteiger partial charge in [0.15, 0.2) is 0 Å². The van der Waals surface area contributed by atoms with Crippen molar-refractivity contribution in [2.24, 2.45) is 11.5 Å². The van der Waals surface area contributed by atoms with Crippen molar-refractivity contribution < 1.29 is 14.3 Å². The van der Waals surface area contributed by atoms with Crippen molar-refractivity contribution in [3.8, 4) is 0 Å². The fourth-order valence-corrected chi connectivity index (χ4v) is 2.46. The van der Waals surface area contributed by atoms with Crippen molar-refractivity contribution in [3.05, 3.63) is 47.6 Å². The van der Waals surface area contributed by atoms with Crippen LogP contribution >= 0.6 is 0 Å². The molecule has 0 saturated heterocycles. The molecule has 6 heteroatoms. The van der Waals surface area contributed by atoms with Crippen LogP contribution in [0.15, 0.2) is 47.6 Å². The minimum absolute atomic E-state index is 0.0709. The lowest BCUT2D eigenvalue weighted by atomic mass is 9.86. The topological polar surface area (TPSA) is 99.6 Å². The first-order valence-electron chi connectivity index (χ1n) is 7.89. The Balaban J connectivity index is 1.73. The van der Waals surface area contributed by atoms with Crippen LogP contribution in [0.4, 0.5) is 0 Å². The van der Waals surface area contributed by atoms with Crippen LogP contribution in [0.1, 0.15) is 6.42 Å². The second kappa shape index (κ2) is 9.42. The number of hydrogen-bond donors (Lipinski definition) is 3. The van der Waals surface area contributed by atoms with E-state index in [0.717, 1.165) is 11.1 Å². The third kappa shape index (κ3) is 5.44. The number of ether oxygens (including phenoxy) is 2.